The molecule has 0 aliphatic heterocycles. The van der Waals surface area contributed by atoms with Gasteiger partial charge in [0.1, 0.15) is 0 Å². The van der Waals surface area contributed by atoms with E-state index >= 15 is 0 Å². The van der Waals surface area contributed by atoms with E-state index in [1.54, 1.807) is 7.11 Å². The molecule has 8 nitrogen and oxygen atoms in total. The average molecular weight is 355 g/mol. The molecule has 0 aliphatic carbocycles. The Morgan fingerprint density at radius 2 is 1.91 bits per heavy atom. The van der Waals surface area contributed by atoms with Crippen LogP contribution in [0.25, 0.3) is 11.3 Å². The van der Waals surface area contributed by atoms with Gasteiger partial charge in [-0.2, -0.15) is 0 Å². The summed E-state index contributed by atoms with van der Waals surface area (Å²) in [4.78, 5) is 9.87. The second kappa shape index (κ2) is 7.53. The molecule has 0 aromatic carbocycles. The van der Waals surface area contributed by atoms with Gasteiger partial charge in [-0.25, -0.2) is 14.6 Å². The molecule has 3 rings (SSSR count). The first-order valence-corrected chi connectivity index (χ1v) is 8.17. The average Bonchev–Trinajstić information content (AvgIpc) is 3.17. The Hall–Kier alpha value is -1.97. The Labute approximate surface area is 141 Å². The molecular weight excluding hydrogens is 340 g/mol. The molecule has 0 aliphatic rings. The Kier molecular flexibility index (Phi) is 5.21. The number of hydrogen-bond donors (Lipinski definition) is 2. The maximum atomic E-state index is 5.94. The summed E-state index contributed by atoms with van der Waals surface area (Å²) < 4.78 is 10.5. The van der Waals surface area contributed by atoms with Crippen molar-refractivity contribution in [2.75, 3.05) is 30.9 Å². The minimum atomic E-state index is 0.360. The number of nitrogens with one attached hydrogen (secondary N) is 2. The van der Waals surface area contributed by atoms with Crippen LogP contribution >= 0.6 is 22.9 Å². The molecule has 10 heteroatoms. The summed E-state index contributed by atoms with van der Waals surface area (Å²) in [5, 5.41) is 13.9. The van der Waals surface area contributed by atoms with Crippen molar-refractivity contribution in [1.82, 2.24) is 20.3 Å². The lowest BCUT2D eigenvalue weighted by atomic mass is 10.4. The van der Waals surface area contributed by atoms with Crippen molar-refractivity contribution < 1.29 is 9.37 Å². The third kappa shape index (κ3) is 4.06. The predicted molar refractivity (Wildman–Crippen MR) is 89.0 cm³/mol. The summed E-state index contributed by atoms with van der Waals surface area (Å²) >= 11 is 7.46. The van der Waals surface area contributed by atoms with Crippen LogP contribution in [0.4, 0.5) is 11.6 Å². The molecule has 0 atom stereocenters. The standard InChI is InChI=1S/C13H15ClN6O2S/c1-21-6-2-5-15-10-11(16-7-8-3-4-9(14)23-8)18-13-12(17-10)19-22-20-13/h3-4H,2,5-7H2,1H3,(H,15,17,19)(H,16,18,20). The Morgan fingerprint density at radius 3 is 2.57 bits per heavy atom. The molecule has 23 heavy (non-hydrogen) atoms. The van der Waals surface area contributed by atoms with Gasteiger partial charge >= 0.3 is 0 Å². The first-order valence-electron chi connectivity index (χ1n) is 6.97. The van der Waals surface area contributed by atoms with Gasteiger partial charge in [-0.1, -0.05) is 11.6 Å². The largest absolute Gasteiger partial charge is 0.385 e. The molecule has 2 N–H and O–H groups in total. The Bertz CT molecular complexity index is 777. The number of hydrogen-bond acceptors (Lipinski definition) is 9. The van der Waals surface area contributed by atoms with Gasteiger partial charge in [0.15, 0.2) is 11.6 Å². The highest BCUT2D eigenvalue weighted by molar-refractivity contribution is 7.16. The number of nitrogens with zero attached hydrogens (tertiary/aromatic N) is 4. The fourth-order valence-corrected chi connectivity index (χ4v) is 2.95. The topological polar surface area (TPSA) is 98.0 Å². The van der Waals surface area contributed by atoms with Crippen molar-refractivity contribution in [1.29, 1.82) is 0 Å². The molecule has 3 heterocycles. The number of thiophene rings is 1. The van der Waals surface area contributed by atoms with E-state index in [4.69, 9.17) is 16.3 Å². The van der Waals surface area contributed by atoms with Crippen LogP contribution in [0.2, 0.25) is 4.34 Å². The number of halogens is 1. The normalized spacial score (nSPS) is 11.0. The molecule has 122 valence electrons. The smallest absolute Gasteiger partial charge is 0.245 e. The zero-order valence-electron chi connectivity index (χ0n) is 12.4. The third-order valence-corrected chi connectivity index (χ3v) is 4.22. The molecule has 0 amide bonds. The van der Waals surface area contributed by atoms with Crippen LogP contribution < -0.4 is 10.6 Å². The van der Waals surface area contributed by atoms with Crippen LogP contribution in [-0.2, 0) is 11.3 Å². The molecule has 0 saturated heterocycles. The van der Waals surface area contributed by atoms with Crippen LogP contribution in [0.15, 0.2) is 16.8 Å². The Balaban J connectivity index is 1.74. The molecule has 0 saturated carbocycles. The minimum absolute atomic E-state index is 0.360. The van der Waals surface area contributed by atoms with Gasteiger partial charge in [0.25, 0.3) is 0 Å². The van der Waals surface area contributed by atoms with Crippen LogP contribution in [0.5, 0.6) is 0 Å². The SMILES string of the molecule is COCCCNc1nc2nonc2nc1NCc1ccc(Cl)s1. The maximum Gasteiger partial charge on any atom is 0.245 e. The number of ether oxygens (including phenoxy) is 1. The molecule has 0 spiro atoms. The van der Waals surface area contributed by atoms with Crippen molar-refractivity contribution in [3.05, 3.63) is 21.3 Å². The number of aromatic nitrogens is 4. The first kappa shape index (κ1) is 15.9. The molecular formula is C13H15ClN6O2S. The second-order valence-corrected chi connectivity index (χ2v) is 6.46. The molecule has 0 fully saturated rings. The molecule has 3 aromatic rings. The van der Waals surface area contributed by atoms with Crippen molar-refractivity contribution in [2.24, 2.45) is 0 Å². The van der Waals surface area contributed by atoms with Crippen molar-refractivity contribution >= 4 is 45.9 Å². The summed E-state index contributed by atoms with van der Waals surface area (Å²) in [6.07, 6.45) is 0.854. The summed E-state index contributed by atoms with van der Waals surface area (Å²) in [5.41, 5.74) is 0.725. The molecule has 0 unspecified atom stereocenters. The van der Waals surface area contributed by atoms with E-state index in [-0.39, 0.29) is 0 Å². The van der Waals surface area contributed by atoms with E-state index in [0.29, 0.717) is 42.6 Å². The highest BCUT2D eigenvalue weighted by Gasteiger charge is 2.12. The van der Waals surface area contributed by atoms with E-state index < -0.39 is 0 Å². The zero-order chi connectivity index (χ0) is 16.1. The van der Waals surface area contributed by atoms with E-state index in [1.807, 2.05) is 12.1 Å². The van der Waals surface area contributed by atoms with Gasteiger partial charge < -0.3 is 15.4 Å². The van der Waals surface area contributed by atoms with E-state index in [2.05, 4.69) is 35.5 Å². The third-order valence-electron chi connectivity index (χ3n) is 2.99. The summed E-state index contributed by atoms with van der Waals surface area (Å²) in [7, 11) is 1.67. The fraction of sp³-hybridized carbons (Fsp3) is 0.385. The minimum Gasteiger partial charge on any atom is -0.385 e. The fourth-order valence-electron chi connectivity index (χ4n) is 1.93. The lowest BCUT2D eigenvalue weighted by molar-refractivity contribution is 0.198. The van der Waals surface area contributed by atoms with Gasteiger partial charge in [-0.3, -0.25) is 0 Å². The molecule has 3 aromatic heterocycles. The highest BCUT2D eigenvalue weighted by Crippen LogP contribution is 2.24. The monoisotopic (exact) mass is 354 g/mol. The van der Waals surface area contributed by atoms with Crippen LogP contribution in [0.1, 0.15) is 11.3 Å². The lowest BCUT2D eigenvalue weighted by Gasteiger charge is -2.10. The van der Waals surface area contributed by atoms with Gasteiger partial charge in [-0.15, -0.1) is 11.3 Å². The van der Waals surface area contributed by atoms with Crippen molar-refractivity contribution in [2.45, 2.75) is 13.0 Å². The van der Waals surface area contributed by atoms with E-state index in [0.717, 1.165) is 15.6 Å². The Morgan fingerprint density at radius 1 is 1.17 bits per heavy atom. The summed E-state index contributed by atoms with van der Waals surface area (Å²) in [6.45, 7) is 1.97. The van der Waals surface area contributed by atoms with Gasteiger partial charge in [-0.05, 0) is 28.9 Å². The first-order chi connectivity index (χ1) is 11.3. The predicted octanol–water partition coefficient (Wildman–Crippen LogP) is 2.79. The quantitative estimate of drug-likeness (QED) is 0.596. The molecule has 0 bridgehead atoms. The van der Waals surface area contributed by atoms with E-state index in [1.165, 1.54) is 11.3 Å². The number of rotatable bonds is 8. The zero-order valence-corrected chi connectivity index (χ0v) is 13.9. The highest BCUT2D eigenvalue weighted by atomic mass is 35.5. The van der Waals surface area contributed by atoms with Gasteiger partial charge in [0, 0.05) is 25.1 Å². The summed E-state index contributed by atoms with van der Waals surface area (Å²) in [5.74, 6) is 1.20. The second-order valence-electron chi connectivity index (χ2n) is 4.66. The summed E-state index contributed by atoms with van der Waals surface area (Å²) in [6, 6.07) is 3.83. The van der Waals surface area contributed by atoms with Crippen LogP contribution in [-0.4, -0.2) is 40.5 Å². The van der Waals surface area contributed by atoms with Gasteiger partial charge in [0.05, 0.1) is 10.9 Å². The van der Waals surface area contributed by atoms with Crippen LogP contribution in [0, 0.1) is 0 Å². The lowest BCUT2D eigenvalue weighted by Crippen LogP contribution is -2.11. The van der Waals surface area contributed by atoms with Crippen LogP contribution in [0.3, 0.4) is 0 Å². The van der Waals surface area contributed by atoms with Crippen molar-refractivity contribution in [3.63, 3.8) is 0 Å². The maximum absolute atomic E-state index is 5.94. The number of anilines is 2. The van der Waals surface area contributed by atoms with Crippen molar-refractivity contribution in [3.8, 4) is 0 Å². The van der Waals surface area contributed by atoms with E-state index in [9.17, 15) is 0 Å². The van der Waals surface area contributed by atoms with Gasteiger partial charge in [0.2, 0.25) is 11.3 Å². The number of methoxy groups -OCH3 is 1. The molecule has 0 radical (unpaired) electrons. The number of fused-ring (bicyclic) bond motifs is 1.